The monoisotopic (exact) mass is 350 g/mol. The van der Waals surface area contributed by atoms with Gasteiger partial charge in [0.05, 0.1) is 5.52 Å². The standard InChI is InChI=1S/C21H26N4O/c1-3-15(4-2)21(26)25-11-9-16(10-12-25)23-20-13-17(14-22)24-19-8-6-5-7-18(19)20/h5-8,13,15-16H,3-4,9-12H2,1-2H3,(H,23,24). The first-order chi connectivity index (χ1) is 12.7. The molecule has 0 radical (unpaired) electrons. The molecule has 1 fully saturated rings. The molecule has 2 heterocycles. The first-order valence-corrected chi connectivity index (χ1v) is 9.51. The number of benzene rings is 1. The smallest absolute Gasteiger partial charge is 0.225 e. The van der Waals surface area contributed by atoms with Crippen LogP contribution in [-0.4, -0.2) is 34.9 Å². The van der Waals surface area contributed by atoms with Gasteiger partial charge in [-0.25, -0.2) is 4.98 Å². The molecule has 1 saturated heterocycles. The summed E-state index contributed by atoms with van der Waals surface area (Å²) in [7, 11) is 0. The number of nitrogens with zero attached hydrogens (tertiary/aromatic N) is 3. The summed E-state index contributed by atoms with van der Waals surface area (Å²) >= 11 is 0. The number of anilines is 1. The molecule has 1 aliphatic heterocycles. The van der Waals surface area contributed by atoms with E-state index < -0.39 is 0 Å². The zero-order valence-electron chi connectivity index (χ0n) is 15.5. The van der Waals surface area contributed by atoms with Crippen molar-refractivity contribution in [3.63, 3.8) is 0 Å². The molecule has 1 aromatic carbocycles. The van der Waals surface area contributed by atoms with E-state index in [9.17, 15) is 10.1 Å². The average molecular weight is 350 g/mol. The highest BCUT2D eigenvalue weighted by Crippen LogP contribution is 2.26. The van der Waals surface area contributed by atoms with Crippen LogP contribution in [0.5, 0.6) is 0 Å². The summed E-state index contributed by atoms with van der Waals surface area (Å²) in [5, 5.41) is 13.9. The Kier molecular flexibility index (Phi) is 5.72. The van der Waals surface area contributed by atoms with Crippen molar-refractivity contribution in [2.45, 2.75) is 45.6 Å². The van der Waals surface area contributed by atoms with Crippen LogP contribution in [0.25, 0.3) is 10.9 Å². The van der Waals surface area contributed by atoms with Gasteiger partial charge < -0.3 is 10.2 Å². The Labute approximate surface area is 155 Å². The number of carbonyl (C=O) groups is 1. The zero-order chi connectivity index (χ0) is 18.5. The second kappa shape index (κ2) is 8.18. The molecule has 1 aliphatic rings. The van der Waals surface area contributed by atoms with Gasteiger partial charge in [0.1, 0.15) is 11.8 Å². The Morgan fingerprint density at radius 3 is 2.65 bits per heavy atom. The third-order valence-corrected chi connectivity index (χ3v) is 5.33. The van der Waals surface area contributed by atoms with Crippen molar-refractivity contribution < 1.29 is 4.79 Å². The summed E-state index contributed by atoms with van der Waals surface area (Å²) in [4.78, 5) is 18.9. The van der Waals surface area contributed by atoms with E-state index in [1.807, 2.05) is 35.2 Å². The molecule has 0 saturated carbocycles. The fourth-order valence-electron chi connectivity index (χ4n) is 3.71. The van der Waals surface area contributed by atoms with Gasteiger partial charge in [0, 0.05) is 36.1 Å². The largest absolute Gasteiger partial charge is 0.382 e. The number of carbonyl (C=O) groups excluding carboxylic acids is 1. The van der Waals surface area contributed by atoms with Crippen molar-refractivity contribution in [2.24, 2.45) is 5.92 Å². The summed E-state index contributed by atoms with van der Waals surface area (Å²) < 4.78 is 0. The fraction of sp³-hybridized carbons (Fsp3) is 0.476. The molecule has 5 nitrogen and oxygen atoms in total. The highest BCUT2D eigenvalue weighted by molar-refractivity contribution is 5.92. The maximum absolute atomic E-state index is 12.5. The van der Waals surface area contributed by atoms with Gasteiger partial charge >= 0.3 is 0 Å². The van der Waals surface area contributed by atoms with Crippen LogP contribution >= 0.6 is 0 Å². The highest BCUT2D eigenvalue weighted by atomic mass is 16.2. The van der Waals surface area contributed by atoms with E-state index in [2.05, 4.69) is 30.2 Å². The summed E-state index contributed by atoms with van der Waals surface area (Å²) in [6.07, 6.45) is 3.66. The quantitative estimate of drug-likeness (QED) is 0.886. The van der Waals surface area contributed by atoms with Crippen LogP contribution in [-0.2, 0) is 4.79 Å². The van der Waals surface area contributed by atoms with E-state index in [1.165, 1.54) is 0 Å². The van der Waals surface area contributed by atoms with Crippen LogP contribution in [0.2, 0.25) is 0 Å². The maximum Gasteiger partial charge on any atom is 0.225 e. The summed E-state index contributed by atoms with van der Waals surface area (Å²) in [5.41, 5.74) is 2.21. The molecular weight excluding hydrogens is 324 g/mol. The maximum atomic E-state index is 12.5. The lowest BCUT2D eigenvalue weighted by molar-refractivity contribution is -0.136. The minimum absolute atomic E-state index is 0.154. The average Bonchev–Trinajstić information content (AvgIpc) is 2.69. The van der Waals surface area contributed by atoms with Crippen molar-refractivity contribution >= 4 is 22.5 Å². The second-order valence-corrected chi connectivity index (χ2v) is 6.94. The van der Waals surface area contributed by atoms with Gasteiger partial charge in [-0.05, 0) is 37.8 Å². The van der Waals surface area contributed by atoms with Gasteiger partial charge in [-0.3, -0.25) is 4.79 Å². The van der Waals surface area contributed by atoms with Gasteiger partial charge in [-0.1, -0.05) is 32.0 Å². The third kappa shape index (κ3) is 3.80. The number of para-hydroxylation sites is 1. The van der Waals surface area contributed by atoms with E-state index in [4.69, 9.17) is 0 Å². The molecule has 0 atom stereocenters. The molecule has 26 heavy (non-hydrogen) atoms. The van der Waals surface area contributed by atoms with Crippen LogP contribution in [0.4, 0.5) is 5.69 Å². The van der Waals surface area contributed by atoms with Crippen molar-refractivity contribution in [3.8, 4) is 6.07 Å². The number of likely N-dealkylation sites (tertiary alicyclic amines) is 1. The Morgan fingerprint density at radius 1 is 1.31 bits per heavy atom. The van der Waals surface area contributed by atoms with Crippen molar-refractivity contribution in [1.82, 2.24) is 9.88 Å². The summed E-state index contributed by atoms with van der Waals surface area (Å²) in [6.45, 7) is 5.76. The van der Waals surface area contributed by atoms with E-state index >= 15 is 0 Å². The molecule has 3 rings (SSSR count). The number of pyridine rings is 1. The van der Waals surface area contributed by atoms with Crippen molar-refractivity contribution in [2.75, 3.05) is 18.4 Å². The number of rotatable bonds is 5. The van der Waals surface area contributed by atoms with Crippen LogP contribution < -0.4 is 5.32 Å². The van der Waals surface area contributed by atoms with Gasteiger partial charge in [0.2, 0.25) is 5.91 Å². The molecule has 0 bridgehead atoms. The van der Waals surface area contributed by atoms with E-state index in [0.29, 0.717) is 17.6 Å². The number of amides is 1. The fourth-order valence-corrected chi connectivity index (χ4v) is 3.71. The lowest BCUT2D eigenvalue weighted by Crippen LogP contribution is -2.44. The lowest BCUT2D eigenvalue weighted by atomic mass is 9.98. The Morgan fingerprint density at radius 2 is 2.00 bits per heavy atom. The van der Waals surface area contributed by atoms with Crippen LogP contribution in [0.3, 0.4) is 0 Å². The lowest BCUT2D eigenvalue weighted by Gasteiger charge is -2.35. The number of fused-ring (bicyclic) bond motifs is 1. The zero-order valence-corrected chi connectivity index (χ0v) is 15.5. The molecule has 136 valence electrons. The molecule has 0 unspecified atom stereocenters. The van der Waals surface area contributed by atoms with Crippen LogP contribution in [0.15, 0.2) is 30.3 Å². The molecule has 0 aliphatic carbocycles. The van der Waals surface area contributed by atoms with Gasteiger partial charge in [0.25, 0.3) is 0 Å². The molecule has 5 heteroatoms. The minimum Gasteiger partial charge on any atom is -0.382 e. The third-order valence-electron chi connectivity index (χ3n) is 5.33. The molecular formula is C21H26N4O. The topological polar surface area (TPSA) is 69.0 Å². The van der Waals surface area contributed by atoms with Crippen molar-refractivity contribution in [1.29, 1.82) is 5.26 Å². The first-order valence-electron chi connectivity index (χ1n) is 9.51. The summed E-state index contributed by atoms with van der Waals surface area (Å²) in [6, 6.07) is 12.1. The number of piperidine rings is 1. The Hall–Kier alpha value is -2.61. The van der Waals surface area contributed by atoms with Crippen molar-refractivity contribution in [3.05, 3.63) is 36.0 Å². The highest BCUT2D eigenvalue weighted by Gasteiger charge is 2.26. The van der Waals surface area contributed by atoms with Gasteiger partial charge in [0.15, 0.2) is 0 Å². The predicted octanol–water partition coefficient (Wildman–Crippen LogP) is 3.95. The number of nitrogens with one attached hydrogen (secondary N) is 1. The predicted molar refractivity (Wildman–Crippen MR) is 104 cm³/mol. The van der Waals surface area contributed by atoms with Gasteiger partial charge in [-0.2, -0.15) is 5.26 Å². The molecule has 1 amide bonds. The minimum atomic E-state index is 0.154. The number of aromatic nitrogens is 1. The molecule has 1 aromatic heterocycles. The molecule has 2 aromatic rings. The molecule has 1 N–H and O–H groups in total. The number of hydrogen-bond donors (Lipinski definition) is 1. The summed E-state index contributed by atoms with van der Waals surface area (Å²) in [5.74, 6) is 0.455. The SMILES string of the molecule is CCC(CC)C(=O)N1CCC(Nc2cc(C#N)nc3ccccc23)CC1. The first kappa shape index (κ1) is 18.2. The Bertz CT molecular complexity index is 814. The second-order valence-electron chi connectivity index (χ2n) is 6.94. The number of nitriles is 1. The van der Waals surface area contributed by atoms with Crippen LogP contribution in [0.1, 0.15) is 45.2 Å². The van der Waals surface area contributed by atoms with E-state index in [-0.39, 0.29) is 5.92 Å². The van der Waals surface area contributed by atoms with E-state index in [1.54, 1.807) is 0 Å². The van der Waals surface area contributed by atoms with Gasteiger partial charge in [-0.15, -0.1) is 0 Å². The molecule has 0 spiro atoms. The normalized spacial score (nSPS) is 15.2. The van der Waals surface area contributed by atoms with Crippen LogP contribution in [0, 0.1) is 17.2 Å². The number of hydrogen-bond acceptors (Lipinski definition) is 4. The van der Waals surface area contributed by atoms with E-state index in [0.717, 1.165) is 55.4 Å². The Balaban J connectivity index is 1.70.